The summed E-state index contributed by atoms with van der Waals surface area (Å²) in [6.07, 6.45) is 0.407. The molecule has 122 valence electrons. The van der Waals surface area contributed by atoms with Crippen molar-refractivity contribution in [2.24, 2.45) is 4.99 Å². The van der Waals surface area contributed by atoms with Gasteiger partial charge in [0.05, 0.1) is 13.1 Å². The lowest BCUT2D eigenvalue weighted by molar-refractivity contribution is -0.128. The highest BCUT2D eigenvalue weighted by molar-refractivity contribution is 5.80. The van der Waals surface area contributed by atoms with E-state index >= 15 is 0 Å². The predicted molar refractivity (Wildman–Crippen MR) is 89.2 cm³/mol. The van der Waals surface area contributed by atoms with E-state index in [0.717, 1.165) is 12.3 Å². The van der Waals surface area contributed by atoms with Crippen LogP contribution in [-0.4, -0.2) is 57.1 Å². The van der Waals surface area contributed by atoms with Crippen molar-refractivity contribution in [1.29, 1.82) is 0 Å². The molecule has 0 aliphatic heterocycles. The number of guanidine groups is 1. The molecule has 1 aromatic rings. The second-order valence-electron chi connectivity index (χ2n) is 4.89. The molecule has 0 aliphatic rings. The number of hydrogen-bond donors (Lipinski definition) is 2. The normalized spacial score (nSPS) is 11.0. The van der Waals surface area contributed by atoms with E-state index < -0.39 is 0 Å². The summed E-state index contributed by atoms with van der Waals surface area (Å²) in [6, 6.07) is 9.68. The number of rotatable bonds is 8. The summed E-state index contributed by atoms with van der Waals surface area (Å²) in [6.45, 7) is 4.43. The maximum atomic E-state index is 11.5. The van der Waals surface area contributed by atoms with E-state index in [2.05, 4.69) is 15.6 Å². The van der Waals surface area contributed by atoms with Crippen LogP contribution in [0, 0.1) is 0 Å². The van der Waals surface area contributed by atoms with Gasteiger partial charge in [-0.2, -0.15) is 0 Å². The summed E-state index contributed by atoms with van der Waals surface area (Å²) < 4.78 is 5.60. The van der Waals surface area contributed by atoms with Crippen molar-refractivity contribution in [3.05, 3.63) is 30.3 Å². The third-order valence-corrected chi connectivity index (χ3v) is 2.85. The molecule has 2 N–H and O–H groups in total. The van der Waals surface area contributed by atoms with Gasteiger partial charge >= 0.3 is 0 Å². The Morgan fingerprint density at radius 2 is 1.95 bits per heavy atom. The van der Waals surface area contributed by atoms with Gasteiger partial charge < -0.3 is 20.3 Å². The van der Waals surface area contributed by atoms with Gasteiger partial charge in [0.2, 0.25) is 5.91 Å². The largest absolute Gasteiger partial charge is 0.492 e. The maximum absolute atomic E-state index is 11.5. The number of para-hydroxylation sites is 1. The minimum atomic E-state index is 0.0759. The van der Waals surface area contributed by atoms with Crippen molar-refractivity contribution < 1.29 is 9.53 Å². The summed E-state index contributed by atoms with van der Waals surface area (Å²) in [5, 5.41) is 6.33. The molecule has 1 aromatic carbocycles. The number of hydrogen-bond acceptors (Lipinski definition) is 3. The molecule has 0 heterocycles. The summed E-state index contributed by atoms with van der Waals surface area (Å²) in [7, 11) is 3.49. The van der Waals surface area contributed by atoms with Crippen LogP contribution in [0.1, 0.15) is 13.3 Å². The molecule has 0 unspecified atom stereocenters. The van der Waals surface area contributed by atoms with E-state index in [9.17, 15) is 4.79 Å². The highest BCUT2D eigenvalue weighted by atomic mass is 16.5. The van der Waals surface area contributed by atoms with Gasteiger partial charge in [-0.15, -0.1) is 0 Å². The summed E-state index contributed by atoms with van der Waals surface area (Å²) in [5.74, 6) is 1.63. The first kappa shape index (κ1) is 17.8. The monoisotopic (exact) mass is 306 g/mol. The first-order valence-electron chi connectivity index (χ1n) is 7.53. The Kier molecular flexibility index (Phi) is 8.49. The first-order valence-corrected chi connectivity index (χ1v) is 7.53. The van der Waals surface area contributed by atoms with Crippen LogP contribution in [0.15, 0.2) is 35.3 Å². The molecule has 0 aliphatic carbocycles. The Morgan fingerprint density at radius 1 is 1.23 bits per heavy atom. The van der Waals surface area contributed by atoms with Crippen LogP contribution in [-0.2, 0) is 4.79 Å². The molecule has 0 atom stereocenters. The summed E-state index contributed by atoms with van der Waals surface area (Å²) in [4.78, 5) is 17.4. The molecule has 6 nitrogen and oxygen atoms in total. The van der Waals surface area contributed by atoms with Gasteiger partial charge in [0.1, 0.15) is 12.4 Å². The minimum Gasteiger partial charge on any atom is -0.492 e. The zero-order chi connectivity index (χ0) is 16.2. The second-order valence-corrected chi connectivity index (χ2v) is 4.89. The molecule has 0 fully saturated rings. The minimum absolute atomic E-state index is 0.0759. The SMILES string of the molecule is CCNC(=NCCC(=O)N(C)C)NCCOc1ccccc1. The molecule has 0 saturated heterocycles. The van der Waals surface area contributed by atoms with E-state index in [4.69, 9.17) is 4.74 Å². The molecule has 6 heteroatoms. The number of carbonyl (C=O) groups is 1. The third-order valence-electron chi connectivity index (χ3n) is 2.85. The number of amides is 1. The summed E-state index contributed by atoms with van der Waals surface area (Å²) >= 11 is 0. The molecule has 1 rings (SSSR count). The number of benzene rings is 1. The quantitative estimate of drug-likeness (QED) is 0.429. The molecule has 0 radical (unpaired) electrons. The second kappa shape index (κ2) is 10.5. The number of aliphatic imine (C=N–C) groups is 1. The van der Waals surface area contributed by atoms with Gasteiger partial charge in [0, 0.05) is 27.1 Å². The van der Waals surface area contributed by atoms with Crippen molar-refractivity contribution in [2.75, 3.05) is 40.3 Å². The summed E-state index contributed by atoms with van der Waals surface area (Å²) in [5.41, 5.74) is 0. The van der Waals surface area contributed by atoms with Crippen molar-refractivity contribution in [3.8, 4) is 5.75 Å². The molecular formula is C16H26N4O2. The van der Waals surface area contributed by atoms with Gasteiger partial charge in [-0.25, -0.2) is 0 Å². The fourth-order valence-electron chi connectivity index (χ4n) is 1.68. The Labute approximate surface area is 132 Å². The standard InChI is InChI=1S/C16H26N4O2/c1-4-17-16(18-11-10-15(21)20(2)3)19-12-13-22-14-8-6-5-7-9-14/h5-9H,4,10-13H2,1-3H3,(H2,17,18,19). The van der Waals surface area contributed by atoms with Gasteiger partial charge in [0.25, 0.3) is 0 Å². The lowest BCUT2D eigenvalue weighted by Crippen LogP contribution is -2.39. The molecule has 0 spiro atoms. The smallest absolute Gasteiger partial charge is 0.223 e. The van der Waals surface area contributed by atoms with E-state index in [0.29, 0.717) is 32.1 Å². The van der Waals surface area contributed by atoms with Crippen LogP contribution in [0.2, 0.25) is 0 Å². The fourth-order valence-corrected chi connectivity index (χ4v) is 1.68. The molecule has 22 heavy (non-hydrogen) atoms. The van der Waals surface area contributed by atoms with Gasteiger partial charge in [0.15, 0.2) is 5.96 Å². The fraction of sp³-hybridized carbons (Fsp3) is 0.500. The molecule has 1 amide bonds. The van der Waals surface area contributed by atoms with Crippen molar-refractivity contribution in [2.45, 2.75) is 13.3 Å². The van der Waals surface area contributed by atoms with E-state index in [1.165, 1.54) is 0 Å². The lowest BCUT2D eigenvalue weighted by Gasteiger charge is -2.12. The van der Waals surface area contributed by atoms with Crippen LogP contribution in [0.3, 0.4) is 0 Å². The number of nitrogens with zero attached hydrogens (tertiary/aromatic N) is 2. The highest BCUT2D eigenvalue weighted by Gasteiger charge is 2.03. The van der Waals surface area contributed by atoms with Crippen LogP contribution < -0.4 is 15.4 Å². The zero-order valence-corrected chi connectivity index (χ0v) is 13.6. The number of nitrogens with one attached hydrogen (secondary N) is 2. The first-order chi connectivity index (χ1) is 10.6. The van der Waals surface area contributed by atoms with Crippen LogP contribution in [0.25, 0.3) is 0 Å². The number of carbonyl (C=O) groups excluding carboxylic acids is 1. The van der Waals surface area contributed by atoms with Crippen molar-refractivity contribution in [3.63, 3.8) is 0 Å². The van der Waals surface area contributed by atoms with Crippen LogP contribution >= 0.6 is 0 Å². The van der Waals surface area contributed by atoms with E-state index in [-0.39, 0.29) is 5.91 Å². The lowest BCUT2D eigenvalue weighted by atomic mass is 10.3. The van der Waals surface area contributed by atoms with Crippen LogP contribution in [0.4, 0.5) is 0 Å². The van der Waals surface area contributed by atoms with E-state index in [1.807, 2.05) is 37.3 Å². The van der Waals surface area contributed by atoms with Gasteiger partial charge in [-0.05, 0) is 19.1 Å². The molecular weight excluding hydrogens is 280 g/mol. The average Bonchev–Trinajstić information content (AvgIpc) is 2.52. The van der Waals surface area contributed by atoms with Gasteiger partial charge in [-0.3, -0.25) is 9.79 Å². The molecule has 0 saturated carbocycles. The van der Waals surface area contributed by atoms with Crippen molar-refractivity contribution in [1.82, 2.24) is 15.5 Å². The highest BCUT2D eigenvalue weighted by Crippen LogP contribution is 2.07. The van der Waals surface area contributed by atoms with E-state index in [1.54, 1.807) is 19.0 Å². The Morgan fingerprint density at radius 3 is 2.59 bits per heavy atom. The number of ether oxygens (including phenoxy) is 1. The molecule has 0 bridgehead atoms. The molecule has 0 aromatic heterocycles. The third kappa shape index (κ3) is 7.52. The topological polar surface area (TPSA) is 66.0 Å². The van der Waals surface area contributed by atoms with Crippen LogP contribution in [0.5, 0.6) is 5.75 Å². The zero-order valence-electron chi connectivity index (χ0n) is 13.6. The Balaban J connectivity index is 2.29. The van der Waals surface area contributed by atoms with Gasteiger partial charge in [-0.1, -0.05) is 18.2 Å². The Hall–Kier alpha value is -2.24. The average molecular weight is 306 g/mol. The predicted octanol–water partition coefficient (Wildman–Crippen LogP) is 1.10. The maximum Gasteiger partial charge on any atom is 0.223 e. The van der Waals surface area contributed by atoms with Crippen molar-refractivity contribution >= 4 is 11.9 Å². The Bertz CT molecular complexity index is 460.